The van der Waals surface area contributed by atoms with Crippen LogP contribution < -0.4 is 16.4 Å². The summed E-state index contributed by atoms with van der Waals surface area (Å²) in [6.07, 6.45) is 0. The smallest absolute Gasteiger partial charge is 0.427 e. The summed E-state index contributed by atoms with van der Waals surface area (Å²) in [6.45, 7) is 23.7. The Balaban J connectivity index is 1.32. The van der Waals surface area contributed by atoms with Gasteiger partial charge in [-0.05, 0) is 94.0 Å². The Kier molecular flexibility index (Phi) is 9.48. The molecule has 0 amide bonds. The highest BCUT2D eigenvalue weighted by molar-refractivity contribution is 6.62. The van der Waals surface area contributed by atoms with Crippen molar-refractivity contribution in [2.45, 2.75) is 117 Å². The molecule has 0 saturated carbocycles. The molecule has 3 heterocycles. The third kappa shape index (κ3) is 7.45. The van der Waals surface area contributed by atoms with Gasteiger partial charge in [-0.15, -0.1) is 0 Å². The quantitative estimate of drug-likeness (QED) is 0.243. The number of hydrogen-bond acceptors (Lipinski definition) is 9. The molecule has 0 aliphatic carbocycles. The molecule has 2 aliphatic rings. The van der Waals surface area contributed by atoms with Crippen LogP contribution in [0.2, 0.25) is 0 Å². The zero-order valence-electron chi connectivity index (χ0n) is 32.1. The van der Waals surface area contributed by atoms with Crippen LogP contribution in [0.5, 0.6) is 0 Å². The summed E-state index contributed by atoms with van der Waals surface area (Å²) in [5.41, 5.74) is 1.91. The molecule has 0 unspecified atom stereocenters. The van der Waals surface area contributed by atoms with Gasteiger partial charge in [-0.3, -0.25) is 0 Å². The maximum absolute atomic E-state index is 10.5. The van der Waals surface area contributed by atoms with Gasteiger partial charge in [0.05, 0.1) is 33.6 Å². The van der Waals surface area contributed by atoms with Gasteiger partial charge in [-0.1, -0.05) is 78.3 Å². The van der Waals surface area contributed by atoms with E-state index in [1.807, 2.05) is 142 Å². The highest BCUT2D eigenvalue weighted by Gasteiger charge is 2.52. The van der Waals surface area contributed by atoms with Crippen molar-refractivity contribution >= 4 is 38.1 Å². The van der Waals surface area contributed by atoms with E-state index >= 15 is 0 Å². The van der Waals surface area contributed by atoms with Gasteiger partial charge >= 0.3 is 21.7 Å². The van der Waals surface area contributed by atoms with Gasteiger partial charge in [0.15, 0.2) is 17.5 Å². The van der Waals surface area contributed by atoms with Gasteiger partial charge in [-0.2, -0.15) is 0 Å². The fraction of sp³-hybridized carbons (Fsp3) is 0.462. The van der Waals surface area contributed by atoms with Gasteiger partial charge in [0, 0.05) is 16.7 Å². The van der Waals surface area contributed by atoms with Crippen LogP contribution in [-0.4, -0.2) is 75.4 Å². The first-order valence-electron chi connectivity index (χ1n) is 17.7. The summed E-state index contributed by atoms with van der Waals surface area (Å²) >= 11 is 0. The largest absolute Gasteiger partial charge is 0.494 e. The molecular weight excluding hydrogens is 639 g/mol. The fourth-order valence-electron chi connectivity index (χ4n) is 5.49. The lowest BCUT2D eigenvalue weighted by atomic mass is 9.79. The van der Waals surface area contributed by atoms with Crippen LogP contribution in [0, 0.1) is 0 Å². The molecule has 0 bridgehead atoms. The third-order valence-corrected chi connectivity index (χ3v) is 11.3. The van der Waals surface area contributed by atoms with Gasteiger partial charge in [0.25, 0.3) is 0 Å². The number of rotatable bonds is 9. The average molecular weight is 689 g/mol. The summed E-state index contributed by atoms with van der Waals surface area (Å²) in [7, 11) is -0.574. The second kappa shape index (κ2) is 12.9. The van der Waals surface area contributed by atoms with Crippen molar-refractivity contribution < 1.29 is 28.4 Å². The molecule has 9 nitrogen and oxygen atoms in total. The van der Waals surface area contributed by atoms with E-state index in [1.165, 1.54) is 0 Å². The molecule has 1 N–H and O–H groups in total. The minimum atomic E-state index is -0.990. The molecule has 1 aromatic heterocycles. The van der Waals surface area contributed by atoms with Crippen molar-refractivity contribution in [1.82, 2.24) is 15.0 Å². The number of benzene rings is 3. The molecule has 6 rings (SSSR count). The Hall–Kier alpha value is -3.38. The van der Waals surface area contributed by atoms with Crippen LogP contribution in [0.1, 0.15) is 83.1 Å². The summed E-state index contributed by atoms with van der Waals surface area (Å²) in [5, 5.41) is 10.5. The molecule has 0 atom stereocenters. The van der Waals surface area contributed by atoms with E-state index in [4.69, 9.17) is 38.2 Å². The molecule has 2 saturated heterocycles. The highest BCUT2D eigenvalue weighted by atomic mass is 16.7. The molecule has 12 heteroatoms. The normalized spacial score (nSPS) is 19.4. The maximum atomic E-state index is 10.5. The summed E-state index contributed by atoms with van der Waals surface area (Å²) in [6, 6.07) is 24.0. The number of nitrogens with zero attached hydrogens (tertiary/aromatic N) is 3. The predicted molar refractivity (Wildman–Crippen MR) is 206 cm³/mol. The Morgan fingerprint density at radius 2 is 0.824 bits per heavy atom. The summed E-state index contributed by atoms with van der Waals surface area (Å²) < 4.78 is 31.2. The number of aliphatic hydroxyl groups is 1. The standard InChI is InChI=1S/C39H50B3N3O6/c1-34(2,46)35(3,4)47-40-28-19-13-25(14-20-28)31-43-32(26-15-21-29(22-16-26)41-48-36(5,6)37(7,8)49-41)45-33(44-31)27-17-23-30(24-18-27)42-50-38(9,10)39(11,12)51-42/h13-24,40,46H,1-12H3. The Labute approximate surface area is 304 Å². The summed E-state index contributed by atoms with van der Waals surface area (Å²) in [4.78, 5) is 14.8. The van der Waals surface area contributed by atoms with Crippen molar-refractivity contribution in [1.29, 1.82) is 0 Å². The second-order valence-corrected chi connectivity index (χ2v) is 16.8. The fourth-order valence-corrected chi connectivity index (χ4v) is 5.49. The van der Waals surface area contributed by atoms with E-state index in [9.17, 15) is 5.11 Å². The van der Waals surface area contributed by atoms with E-state index in [2.05, 4.69) is 0 Å². The molecule has 2 fully saturated rings. The zero-order valence-corrected chi connectivity index (χ0v) is 32.1. The molecular formula is C39H50B3N3O6. The lowest BCUT2D eigenvalue weighted by Crippen LogP contribution is -2.49. The van der Waals surface area contributed by atoms with Crippen molar-refractivity contribution in [2.24, 2.45) is 0 Å². The van der Waals surface area contributed by atoms with Crippen molar-refractivity contribution in [3.63, 3.8) is 0 Å². The molecule has 4 aromatic rings. The topological polar surface area (TPSA) is 105 Å². The minimum absolute atomic E-state index is 0.356. The summed E-state index contributed by atoms with van der Waals surface area (Å²) in [5.74, 6) is 1.64. The third-order valence-electron chi connectivity index (χ3n) is 11.3. The minimum Gasteiger partial charge on any atom is -0.427 e. The zero-order chi connectivity index (χ0) is 37.2. The van der Waals surface area contributed by atoms with E-state index < -0.39 is 47.8 Å². The first-order valence-corrected chi connectivity index (χ1v) is 17.7. The Morgan fingerprint density at radius 3 is 1.12 bits per heavy atom. The van der Waals surface area contributed by atoms with Crippen LogP contribution in [0.25, 0.3) is 34.2 Å². The Bertz CT molecular complexity index is 1740. The lowest BCUT2D eigenvalue weighted by molar-refractivity contribution is -0.0893. The SMILES string of the molecule is CC(C)(O)C(C)(C)OBc1ccc(-c2nc(-c3ccc(B4OC(C)(C)C(C)(C)O4)cc3)nc(-c3ccc(B4OC(C)(C)C(C)(C)O4)cc3)n2)cc1. The van der Waals surface area contributed by atoms with Gasteiger partial charge in [0.1, 0.15) is 0 Å². The molecule has 266 valence electrons. The molecule has 3 aromatic carbocycles. The maximum Gasteiger partial charge on any atom is 0.494 e. The van der Waals surface area contributed by atoms with Crippen LogP contribution >= 0.6 is 0 Å². The van der Waals surface area contributed by atoms with Crippen LogP contribution in [-0.2, 0) is 23.3 Å². The Morgan fingerprint density at radius 1 is 0.529 bits per heavy atom. The molecule has 0 spiro atoms. The van der Waals surface area contributed by atoms with Crippen LogP contribution in [0.15, 0.2) is 72.8 Å². The molecule has 2 aliphatic heterocycles. The van der Waals surface area contributed by atoms with Crippen LogP contribution in [0.3, 0.4) is 0 Å². The number of aromatic nitrogens is 3. The van der Waals surface area contributed by atoms with E-state index in [0.717, 1.165) is 33.1 Å². The number of hydrogen-bond donors (Lipinski definition) is 1. The first kappa shape index (κ1) is 37.4. The molecule has 51 heavy (non-hydrogen) atoms. The van der Waals surface area contributed by atoms with Crippen molar-refractivity contribution in [3.05, 3.63) is 72.8 Å². The van der Waals surface area contributed by atoms with Gasteiger partial charge in [0.2, 0.25) is 0 Å². The van der Waals surface area contributed by atoms with E-state index in [1.54, 1.807) is 13.8 Å². The monoisotopic (exact) mass is 689 g/mol. The molecule has 0 radical (unpaired) electrons. The van der Waals surface area contributed by atoms with Gasteiger partial charge < -0.3 is 28.4 Å². The lowest BCUT2D eigenvalue weighted by Gasteiger charge is -2.37. The van der Waals surface area contributed by atoms with Crippen molar-refractivity contribution in [3.8, 4) is 34.2 Å². The highest BCUT2D eigenvalue weighted by Crippen LogP contribution is 2.38. The van der Waals surface area contributed by atoms with Gasteiger partial charge in [-0.25, -0.2) is 15.0 Å². The average Bonchev–Trinajstić information content (AvgIpc) is 3.42. The second-order valence-electron chi connectivity index (χ2n) is 16.8. The van der Waals surface area contributed by atoms with E-state index in [-0.39, 0.29) is 0 Å². The van der Waals surface area contributed by atoms with Crippen molar-refractivity contribution in [2.75, 3.05) is 0 Å². The van der Waals surface area contributed by atoms with E-state index in [0.29, 0.717) is 25.0 Å². The first-order chi connectivity index (χ1) is 23.6. The predicted octanol–water partition coefficient (Wildman–Crippen LogP) is 5.01. The van der Waals surface area contributed by atoms with Crippen LogP contribution in [0.4, 0.5) is 0 Å².